The lowest BCUT2D eigenvalue weighted by molar-refractivity contribution is 0.263. The molecule has 0 aromatic heterocycles. The highest BCUT2D eigenvalue weighted by Crippen LogP contribution is 2.30. The first-order valence-electron chi connectivity index (χ1n) is 6.11. The minimum absolute atomic E-state index is 0.0399. The Morgan fingerprint density at radius 2 is 2.33 bits per heavy atom. The fraction of sp³-hybridized carbons (Fsp3) is 0.462. The van der Waals surface area contributed by atoms with Crippen molar-refractivity contribution < 1.29 is 5.11 Å². The number of benzene rings is 1. The minimum atomic E-state index is 0.0399. The van der Waals surface area contributed by atoms with Crippen LogP contribution in [0.5, 0.6) is 0 Å². The van der Waals surface area contributed by atoms with Crippen LogP contribution in [-0.2, 0) is 0 Å². The summed E-state index contributed by atoms with van der Waals surface area (Å²) in [6.07, 6.45) is 1.90. The van der Waals surface area contributed by atoms with Crippen LogP contribution in [0.25, 0.3) is 0 Å². The van der Waals surface area contributed by atoms with E-state index in [0.717, 1.165) is 31.6 Å². The molecule has 1 unspecified atom stereocenters. The molecule has 1 heterocycles. The number of aliphatic hydroxyl groups is 1. The van der Waals surface area contributed by atoms with Gasteiger partial charge in [-0.1, -0.05) is 11.6 Å². The molecule has 1 aromatic rings. The Hall–Kier alpha value is -1.26. The second-order valence-electron chi connectivity index (χ2n) is 4.69. The van der Waals surface area contributed by atoms with Gasteiger partial charge in [0, 0.05) is 36.0 Å². The average molecular weight is 268 g/mol. The van der Waals surface area contributed by atoms with Crippen LogP contribution in [0.3, 0.4) is 0 Å². The number of rotatable bonds is 4. The summed E-state index contributed by atoms with van der Waals surface area (Å²) in [7, 11) is 0. The molecule has 18 heavy (non-hydrogen) atoms. The Labute approximate surface area is 112 Å². The highest BCUT2D eigenvalue weighted by Gasteiger charge is 2.24. The molecular formula is C13H18ClN3O. The molecule has 0 radical (unpaired) electrons. The van der Waals surface area contributed by atoms with Crippen molar-refractivity contribution in [3.05, 3.63) is 28.8 Å². The van der Waals surface area contributed by atoms with Crippen LogP contribution in [0, 0.1) is 11.3 Å². The monoisotopic (exact) mass is 267 g/mol. The van der Waals surface area contributed by atoms with Gasteiger partial charge in [-0.15, -0.1) is 0 Å². The predicted molar refractivity (Wildman–Crippen MR) is 74.5 cm³/mol. The van der Waals surface area contributed by atoms with Crippen LogP contribution in [0.1, 0.15) is 18.4 Å². The maximum absolute atomic E-state index is 8.97. The van der Waals surface area contributed by atoms with E-state index in [4.69, 9.17) is 27.9 Å². The molecule has 0 amide bonds. The lowest BCUT2D eigenvalue weighted by Crippen LogP contribution is -2.24. The summed E-state index contributed by atoms with van der Waals surface area (Å²) in [6.45, 7) is 2.08. The number of nitrogens with two attached hydrogens (primary N) is 1. The highest BCUT2D eigenvalue weighted by molar-refractivity contribution is 6.31. The Morgan fingerprint density at radius 3 is 3.00 bits per heavy atom. The molecule has 0 spiro atoms. The van der Waals surface area contributed by atoms with E-state index in [2.05, 4.69) is 4.90 Å². The van der Waals surface area contributed by atoms with E-state index in [-0.39, 0.29) is 12.4 Å². The van der Waals surface area contributed by atoms with Crippen molar-refractivity contribution in [2.45, 2.75) is 12.8 Å². The molecule has 0 saturated carbocycles. The van der Waals surface area contributed by atoms with Crippen LogP contribution >= 0.6 is 11.6 Å². The smallest absolute Gasteiger partial charge is 0.124 e. The standard InChI is InChI=1S/C13H18ClN3O/c14-10-1-2-12(11(7-10)13(15)16)17-5-3-9(8-17)4-6-18/h1-2,7,9,18H,3-6,8H2,(H3,15,16). The van der Waals surface area contributed by atoms with Gasteiger partial charge in [0.1, 0.15) is 5.84 Å². The zero-order chi connectivity index (χ0) is 13.1. The molecule has 0 aliphatic carbocycles. The molecular weight excluding hydrogens is 250 g/mol. The van der Waals surface area contributed by atoms with Gasteiger partial charge < -0.3 is 15.7 Å². The lowest BCUT2D eigenvalue weighted by Gasteiger charge is -2.22. The summed E-state index contributed by atoms with van der Waals surface area (Å²) in [5.74, 6) is 0.559. The number of nitrogens with one attached hydrogen (secondary N) is 1. The first kappa shape index (κ1) is 13.2. The molecule has 4 N–H and O–H groups in total. The van der Waals surface area contributed by atoms with Gasteiger partial charge in [0.15, 0.2) is 0 Å². The average Bonchev–Trinajstić information content (AvgIpc) is 2.78. The van der Waals surface area contributed by atoms with Crippen molar-refractivity contribution >= 4 is 23.1 Å². The number of nitrogens with zero attached hydrogens (tertiary/aromatic N) is 1. The zero-order valence-corrected chi connectivity index (χ0v) is 11.0. The van der Waals surface area contributed by atoms with Gasteiger partial charge in [-0.3, -0.25) is 5.41 Å². The lowest BCUT2D eigenvalue weighted by atomic mass is 10.1. The molecule has 2 rings (SSSR count). The second-order valence-corrected chi connectivity index (χ2v) is 5.12. The highest BCUT2D eigenvalue weighted by atomic mass is 35.5. The largest absolute Gasteiger partial charge is 0.396 e. The number of anilines is 1. The Balaban J connectivity index is 2.21. The van der Waals surface area contributed by atoms with E-state index in [1.54, 1.807) is 6.07 Å². The van der Waals surface area contributed by atoms with Crippen molar-refractivity contribution in [3.8, 4) is 0 Å². The third-order valence-corrected chi connectivity index (χ3v) is 3.65. The molecule has 1 saturated heterocycles. The van der Waals surface area contributed by atoms with Gasteiger partial charge in [0.2, 0.25) is 0 Å². The number of hydrogen-bond acceptors (Lipinski definition) is 3. The van der Waals surface area contributed by atoms with E-state index in [1.807, 2.05) is 12.1 Å². The quantitative estimate of drug-likeness (QED) is 0.576. The van der Waals surface area contributed by atoms with E-state index in [0.29, 0.717) is 16.5 Å². The second kappa shape index (κ2) is 5.59. The number of aliphatic hydroxyl groups excluding tert-OH is 1. The van der Waals surface area contributed by atoms with Crippen LogP contribution in [0.15, 0.2) is 18.2 Å². The molecule has 1 atom stereocenters. The van der Waals surface area contributed by atoms with Crippen molar-refractivity contribution in [1.29, 1.82) is 5.41 Å². The molecule has 1 aromatic carbocycles. The summed E-state index contributed by atoms with van der Waals surface area (Å²) in [4.78, 5) is 2.22. The number of amidine groups is 1. The molecule has 1 aliphatic heterocycles. The van der Waals surface area contributed by atoms with Gasteiger partial charge in [-0.05, 0) is 37.0 Å². The molecule has 98 valence electrons. The van der Waals surface area contributed by atoms with Crippen molar-refractivity contribution in [3.63, 3.8) is 0 Å². The molecule has 5 heteroatoms. The van der Waals surface area contributed by atoms with Gasteiger partial charge in [-0.25, -0.2) is 0 Å². The summed E-state index contributed by atoms with van der Waals surface area (Å²) in [5.41, 5.74) is 7.25. The minimum Gasteiger partial charge on any atom is -0.396 e. The number of hydrogen-bond donors (Lipinski definition) is 3. The van der Waals surface area contributed by atoms with Crippen molar-refractivity contribution in [1.82, 2.24) is 0 Å². The van der Waals surface area contributed by atoms with Crippen molar-refractivity contribution in [2.24, 2.45) is 11.7 Å². The normalized spacial score (nSPS) is 19.2. The van der Waals surface area contributed by atoms with Gasteiger partial charge in [0.25, 0.3) is 0 Å². The topological polar surface area (TPSA) is 73.3 Å². The third-order valence-electron chi connectivity index (χ3n) is 3.41. The van der Waals surface area contributed by atoms with Gasteiger partial charge in [-0.2, -0.15) is 0 Å². The maximum Gasteiger partial charge on any atom is 0.124 e. The summed E-state index contributed by atoms with van der Waals surface area (Å²) < 4.78 is 0. The number of nitrogen functional groups attached to an aromatic ring is 1. The summed E-state index contributed by atoms with van der Waals surface area (Å²) >= 11 is 5.94. The molecule has 1 fully saturated rings. The predicted octanol–water partition coefficient (Wildman–Crippen LogP) is 1.83. The molecule has 0 bridgehead atoms. The fourth-order valence-corrected chi connectivity index (χ4v) is 2.64. The fourth-order valence-electron chi connectivity index (χ4n) is 2.47. The van der Waals surface area contributed by atoms with Crippen LogP contribution in [-0.4, -0.2) is 30.6 Å². The zero-order valence-electron chi connectivity index (χ0n) is 10.2. The van der Waals surface area contributed by atoms with Crippen LogP contribution in [0.2, 0.25) is 5.02 Å². The molecule has 1 aliphatic rings. The Bertz CT molecular complexity index is 450. The Morgan fingerprint density at radius 1 is 1.56 bits per heavy atom. The maximum atomic E-state index is 8.97. The summed E-state index contributed by atoms with van der Waals surface area (Å²) in [6, 6.07) is 5.47. The molecule has 4 nitrogen and oxygen atoms in total. The first-order chi connectivity index (χ1) is 8.61. The van der Waals surface area contributed by atoms with Crippen LogP contribution < -0.4 is 10.6 Å². The van der Waals surface area contributed by atoms with Crippen molar-refractivity contribution in [2.75, 3.05) is 24.6 Å². The van der Waals surface area contributed by atoms with E-state index in [1.165, 1.54) is 0 Å². The van der Waals surface area contributed by atoms with E-state index >= 15 is 0 Å². The van der Waals surface area contributed by atoms with E-state index in [9.17, 15) is 0 Å². The Kier molecular flexibility index (Phi) is 4.09. The third kappa shape index (κ3) is 2.76. The van der Waals surface area contributed by atoms with E-state index < -0.39 is 0 Å². The van der Waals surface area contributed by atoms with Crippen LogP contribution in [0.4, 0.5) is 5.69 Å². The first-order valence-corrected chi connectivity index (χ1v) is 6.49. The van der Waals surface area contributed by atoms with Gasteiger partial charge >= 0.3 is 0 Å². The summed E-state index contributed by atoms with van der Waals surface area (Å²) in [5, 5.41) is 17.2. The SMILES string of the molecule is N=C(N)c1cc(Cl)ccc1N1CCC(CCO)C1. The number of halogens is 1. The van der Waals surface area contributed by atoms with Gasteiger partial charge in [0.05, 0.1) is 0 Å².